The number of nitro groups is 1. The summed E-state index contributed by atoms with van der Waals surface area (Å²) in [5.74, 6) is 0.259. The van der Waals surface area contributed by atoms with E-state index in [2.05, 4.69) is 31.4 Å². The van der Waals surface area contributed by atoms with E-state index in [1.807, 2.05) is 37.3 Å². The number of fused-ring (bicyclic) bond motifs is 1. The number of carbonyl (C=O) groups excluding carboxylic acids is 1. The first-order valence-corrected chi connectivity index (χ1v) is 9.92. The SMILES string of the molecule is COc1ccc(-n2nc3cc(C)c(NC(=O)c4cc([N+](=O)[O-])ccc4Br)cc3n2)cc1. The lowest BCUT2D eigenvalue weighted by Crippen LogP contribution is -2.13. The van der Waals surface area contributed by atoms with Crippen LogP contribution in [0.5, 0.6) is 5.75 Å². The van der Waals surface area contributed by atoms with Gasteiger partial charge in [-0.15, -0.1) is 10.2 Å². The van der Waals surface area contributed by atoms with Crippen LogP contribution in [0.1, 0.15) is 15.9 Å². The number of anilines is 1. The zero-order valence-corrected chi connectivity index (χ0v) is 18.1. The van der Waals surface area contributed by atoms with Crippen molar-refractivity contribution in [3.63, 3.8) is 0 Å². The number of amides is 1. The number of aryl methyl sites for hydroxylation is 1. The number of nitrogens with one attached hydrogen (secondary N) is 1. The summed E-state index contributed by atoms with van der Waals surface area (Å²) >= 11 is 3.27. The van der Waals surface area contributed by atoms with Gasteiger partial charge in [-0.1, -0.05) is 0 Å². The van der Waals surface area contributed by atoms with Gasteiger partial charge in [0.05, 0.1) is 23.3 Å². The number of ether oxygens (including phenoxy) is 1. The number of rotatable bonds is 5. The lowest BCUT2D eigenvalue weighted by atomic mass is 10.1. The Morgan fingerprint density at radius 1 is 1.10 bits per heavy atom. The van der Waals surface area contributed by atoms with Crippen molar-refractivity contribution in [2.45, 2.75) is 6.92 Å². The third-order valence-electron chi connectivity index (χ3n) is 4.68. The van der Waals surface area contributed by atoms with E-state index in [0.717, 1.165) is 17.0 Å². The Balaban J connectivity index is 1.65. The van der Waals surface area contributed by atoms with Gasteiger partial charge >= 0.3 is 0 Å². The van der Waals surface area contributed by atoms with Crippen molar-refractivity contribution in [1.82, 2.24) is 15.0 Å². The fourth-order valence-corrected chi connectivity index (χ4v) is 3.45. The van der Waals surface area contributed by atoms with Crippen LogP contribution in [0.3, 0.4) is 0 Å². The van der Waals surface area contributed by atoms with Gasteiger partial charge in [-0.25, -0.2) is 0 Å². The zero-order chi connectivity index (χ0) is 22.1. The number of methoxy groups -OCH3 is 1. The quantitative estimate of drug-likeness (QED) is 0.327. The summed E-state index contributed by atoms with van der Waals surface area (Å²) in [6, 6.07) is 14.9. The van der Waals surface area contributed by atoms with Gasteiger partial charge in [0.2, 0.25) is 0 Å². The predicted octanol–water partition coefficient (Wildman–Crippen LogP) is 4.66. The van der Waals surface area contributed by atoms with Gasteiger partial charge in [0.25, 0.3) is 11.6 Å². The maximum absolute atomic E-state index is 12.8. The first kappa shape index (κ1) is 20.5. The Bertz CT molecular complexity index is 1320. The van der Waals surface area contributed by atoms with Gasteiger partial charge in [-0.3, -0.25) is 14.9 Å². The molecule has 0 unspecified atom stereocenters. The normalized spacial score (nSPS) is 10.8. The van der Waals surface area contributed by atoms with E-state index < -0.39 is 10.8 Å². The summed E-state index contributed by atoms with van der Waals surface area (Å²) < 4.78 is 5.62. The number of halogens is 1. The van der Waals surface area contributed by atoms with Gasteiger partial charge in [0.1, 0.15) is 16.8 Å². The van der Waals surface area contributed by atoms with Gasteiger partial charge in [0.15, 0.2) is 0 Å². The number of hydrogen-bond acceptors (Lipinski definition) is 6. The van der Waals surface area contributed by atoms with Crippen molar-refractivity contribution >= 4 is 44.2 Å². The predicted molar refractivity (Wildman–Crippen MR) is 119 cm³/mol. The van der Waals surface area contributed by atoms with Crippen molar-refractivity contribution in [3.05, 3.63) is 80.3 Å². The fourth-order valence-electron chi connectivity index (χ4n) is 3.02. The first-order chi connectivity index (χ1) is 14.9. The second-order valence-corrected chi connectivity index (χ2v) is 7.57. The minimum atomic E-state index is -0.544. The van der Waals surface area contributed by atoms with Crippen LogP contribution in [0.2, 0.25) is 0 Å². The molecule has 1 N–H and O–H groups in total. The number of nitro benzene ring substituents is 1. The summed E-state index contributed by atoms with van der Waals surface area (Å²) in [6.45, 7) is 1.84. The van der Waals surface area contributed by atoms with Gasteiger partial charge in [-0.05, 0) is 70.9 Å². The second-order valence-electron chi connectivity index (χ2n) is 6.72. The monoisotopic (exact) mass is 481 g/mol. The second kappa shape index (κ2) is 8.15. The minimum absolute atomic E-state index is 0.163. The Labute approximate surface area is 184 Å². The van der Waals surface area contributed by atoms with Crippen molar-refractivity contribution < 1.29 is 14.5 Å². The van der Waals surface area contributed by atoms with Gasteiger partial charge < -0.3 is 10.1 Å². The highest BCUT2D eigenvalue weighted by atomic mass is 79.9. The topological polar surface area (TPSA) is 112 Å². The largest absolute Gasteiger partial charge is 0.497 e. The molecule has 9 nitrogen and oxygen atoms in total. The number of hydrogen-bond donors (Lipinski definition) is 1. The Morgan fingerprint density at radius 3 is 2.42 bits per heavy atom. The molecule has 0 radical (unpaired) electrons. The Hall–Kier alpha value is -3.79. The van der Waals surface area contributed by atoms with Crippen LogP contribution < -0.4 is 10.1 Å². The molecule has 1 aromatic heterocycles. The molecule has 0 fully saturated rings. The molecule has 0 bridgehead atoms. The van der Waals surface area contributed by atoms with Crippen molar-refractivity contribution in [1.29, 1.82) is 0 Å². The standard InChI is InChI=1S/C21H16BrN5O4/c1-12-9-19-20(25-26(24-19)13-3-6-15(31-2)7-4-13)11-18(12)23-21(28)16-10-14(27(29)30)5-8-17(16)22/h3-11H,1-2H3,(H,23,28). The number of aromatic nitrogens is 3. The molecule has 0 saturated carbocycles. The molecule has 31 heavy (non-hydrogen) atoms. The van der Waals surface area contributed by atoms with Crippen molar-refractivity contribution in [2.75, 3.05) is 12.4 Å². The summed E-state index contributed by atoms with van der Waals surface area (Å²) in [5, 5.41) is 22.8. The van der Waals surface area contributed by atoms with E-state index in [1.54, 1.807) is 13.2 Å². The fraction of sp³-hybridized carbons (Fsp3) is 0.0952. The molecule has 10 heteroatoms. The van der Waals surface area contributed by atoms with Crippen LogP contribution in [0.15, 0.2) is 59.1 Å². The Morgan fingerprint density at radius 2 is 1.77 bits per heavy atom. The molecule has 0 aliphatic heterocycles. The van der Waals surface area contributed by atoms with Crippen LogP contribution in [-0.4, -0.2) is 32.9 Å². The summed E-state index contributed by atoms with van der Waals surface area (Å²) in [5.41, 5.74) is 3.35. The molecule has 3 aromatic carbocycles. The summed E-state index contributed by atoms with van der Waals surface area (Å²) in [6.07, 6.45) is 0. The maximum Gasteiger partial charge on any atom is 0.270 e. The lowest BCUT2D eigenvalue weighted by Gasteiger charge is -2.09. The van der Waals surface area contributed by atoms with Gasteiger partial charge in [-0.2, -0.15) is 4.80 Å². The molecule has 0 spiro atoms. The molecule has 4 aromatic rings. The summed E-state index contributed by atoms with van der Waals surface area (Å²) in [4.78, 5) is 24.8. The van der Waals surface area contributed by atoms with Gasteiger partial charge in [0, 0.05) is 22.3 Å². The number of benzene rings is 3. The highest BCUT2D eigenvalue weighted by Crippen LogP contribution is 2.26. The van der Waals surface area contributed by atoms with Crippen LogP contribution in [0, 0.1) is 17.0 Å². The van der Waals surface area contributed by atoms with Crippen LogP contribution in [-0.2, 0) is 0 Å². The molecule has 0 aliphatic rings. The molecule has 156 valence electrons. The van der Waals surface area contributed by atoms with Crippen molar-refractivity contribution in [3.8, 4) is 11.4 Å². The number of non-ortho nitro benzene ring substituents is 1. The smallest absolute Gasteiger partial charge is 0.270 e. The average Bonchev–Trinajstić information content (AvgIpc) is 3.16. The maximum atomic E-state index is 12.8. The third-order valence-corrected chi connectivity index (χ3v) is 5.37. The van der Waals surface area contributed by atoms with E-state index in [-0.39, 0.29) is 11.3 Å². The molecule has 0 saturated heterocycles. The molecule has 0 aliphatic carbocycles. The molecule has 0 atom stereocenters. The molecular weight excluding hydrogens is 466 g/mol. The highest BCUT2D eigenvalue weighted by Gasteiger charge is 2.17. The van der Waals surface area contributed by atoms with E-state index in [1.165, 1.54) is 23.0 Å². The molecule has 1 amide bonds. The average molecular weight is 482 g/mol. The first-order valence-electron chi connectivity index (χ1n) is 9.13. The number of nitrogens with zero attached hydrogens (tertiary/aromatic N) is 4. The van der Waals surface area contributed by atoms with Crippen LogP contribution in [0.4, 0.5) is 11.4 Å². The zero-order valence-electron chi connectivity index (χ0n) is 16.5. The summed E-state index contributed by atoms with van der Waals surface area (Å²) in [7, 11) is 1.60. The molecule has 4 rings (SSSR count). The van der Waals surface area contributed by atoms with E-state index in [4.69, 9.17) is 4.74 Å². The number of carbonyl (C=O) groups is 1. The van der Waals surface area contributed by atoms with Crippen LogP contribution in [0.25, 0.3) is 16.7 Å². The van der Waals surface area contributed by atoms with E-state index >= 15 is 0 Å². The van der Waals surface area contributed by atoms with Crippen molar-refractivity contribution in [2.24, 2.45) is 0 Å². The molecular formula is C21H16BrN5O4. The third kappa shape index (κ3) is 4.10. The highest BCUT2D eigenvalue weighted by molar-refractivity contribution is 9.10. The minimum Gasteiger partial charge on any atom is -0.497 e. The molecule has 1 heterocycles. The van der Waals surface area contributed by atoms with E-state index in [0.29, 0.717) is 21.2 Å². The van der Waals surface area contributed by atoms with E-state index in [9.17, 15) is 14.9 Å². The Kier molecular flexibility index (Phi) is 5.38. The lowest BCUT2D eigenvalue weighted by molar-refractivity contribution is -0.384. The van der Waals surface area contributed by atoms with Crippen LogP contribution >= 0.6 is 15.9 Å².